The number of nitrogens with zero attached hydrogens (tertiary/aromatic N) is 1. The van der Waals surface area contributed by atoms with Crippen molar-refractivity contribution >= 4 is 0 Å². The summed E-state index contributed by atoms with van der Waals surface area (Å²) in [5, 5.41) is 0. The molecule has 0 radical (unpaired) electrons. The summed E-state index contributed by atoms with van der Waals surface area (Å²) in [6.07, 6.45) is 0. The molecule has 18 heavy (non-hydrogen) atoms. The van der Waals surface area contributed by atoms with Gasteiger partial charge in [-0.05, 0) is 25.5 Å². The second-order valence-corrected chi connectivity index (χ2v) is 4.36. The fourth-order valence-corrected chi connectivity index (χ4v) is 2.07. The summed E-state index contributed by atoms with van der Waals surface area (Å²) >= 11 is 0. The predicted octanol–water partition coefficient (Wildman–Crippen LogP) is 2.30. The normalized spacial score (nSPS) is 10.6. The Morgan fingerprint density at radius 1 is 1.11 bits per heavy atom. The van der Waals surface area contributed by atoms with Crippen LogP contribution in [0, 0.1) is 6.92 Å². The van der Waals surface area contributed by atoms with Crippen LogP contribution in [0.5, 0.6) is 0 Å². The van der Waals surface area contributed by atoms with Crippen molar-refractivity contribution in [3.05, 3.63) is 57.9 Å². The number of aromatic nitrogens is 1. The Kier molecular flexibility index (Phi) is 3.63. The summed E-state index contributed by atoms with van der Waals surface area (Å²) in [7, 11) is 0. The summed E-state index contributed by atoms with van der Waals surface area (Å²) in [6, 6.07) is 12.0. The number of benzene rings is 1. The molecule has 2 N–H and O–H groups in total. The molecule has 0 spiro atoms. The van der Waals surface area contributed by atoms with Gasteiger partial charge in [0.1, 0.15) is 0 Å². The molecule has 1 aromatic carbocycles. The van der Waals surface area contributed by atoms with Gasteiger partial charge < -0.3 is 10.3 Å². The van der Waals surface area contributed by atoms with Crippen molar-refractivity contribution in [2.24, 2.45) is 5.73 Å². The highest BCUT2D eigenvalue weighted by Crippen LogP contribution is 2.18. The fraction of sp³-hybridized carbons (Fsp3) is 0.267. The van der Waals surface area contributed by atoms with Crippen LogP contribution in [0.15, 0.2) is 41.2 Å². The van der Waals surface area contributed by atoms with Crippen LogP contribution in [0.4, 0.5) is 0 Å². The first-order valence-electron chi connectivity index (χ1n) is 6.17. The maximum Gasteiger partial charge on any atom is 0.255 e. The van der Waals surface area contributed by atoms with Gasteiger partial charge in [-0.15, -0.1) is 0 Å². The first-order chi connectivity index (χ1) is 8.67. The fourth-order valence-electron chi connectivity index (χ4n) is 2.07. The lowest BCUT2D eigenvalue weighted by Gasteiger charge is -2.12. The Morgan fingerprint density at radius 3 is 2.33 bits per heavy atom. The van der Waals surface area contributed by atoms with E-state index in [2.05, 4.69) is 12.1 Å². The Bertz CT molecular complexity index is 597. The molecule has 0 saturated heterocycles. The summed E-state index contributed by atoms with van der Waals surface area (Å²) in [6.45, 7) is 4.95. The maximum absolute atomic E-state index is 12.2. The third kappa shape index (κ3) is 2.22. The van der Waals surface area contributed by atoms with E-state index in [0.29, 0.717) is 12.1 Å². The van der Waals surface area contributed by atoms with Gasteiger partial charge in [0.15, 0.2) is 0 Å². The van der Waals surface area contributed by atoms with Gasteiger partial charge in [0.2, 0.25) is 0 Å². The van der Waals surface area contributed by atoms with Crippen LogP contribution in [0.1, 0.15) is 18.1 Å². The van der Waals surface area contributed by atoms with Crippen LogP contribution >= 0.6 is 0 Å². The molecule has 0 atom stereocenters. The van der Waals surface area contributed by atoms with Gasteiger partial charge in [-0.3, -0.25) is 4.79 Å². The van der Waals surface area contributed by atoms with Gasteiger partial charge >= 0.3 is 0 Å². The Balaban J connectivity index is 2.61. The molecular formula is C15H18N2O. The van der Waals surface area contributed by atoms with Crippen LogP contribution in [0.3, 0.4) is 0 Å². The quantitative estimate of drug-likeness (QED) is 0.897. The number of hydrogen-bond donors (Lipinski definition) is 1. The van der Waals surface area contributed by atoms with Crippen molar-refractivity contribution in [3.8, 4) is 11.3 Å². The molecule has 0 fully saturated rings. The minimum absolute atomic E-state index is 0.0121. The van der Waals surface area contributed by atoms with Gasteiger partial charge in [0.05, 0.1) is 5.69 Å². The lowest BCUT2D eigenvalue weighted by molar-refractivity contribution is 0.723. The highest BCUT2D eigenvalue weighted by molar-refractivity contribution is 5.60. The summed E-state index contributed by atoms with van der Waals surface area (Å²) in [4.78, 5) is 12.2. The zero-order chi connectivity index (χ0) is 13.1. The Hall–Kier alpha value is -1.87. The summed E-state index contributed by atoms with van der Waals surface area (Å²) in [5.74, 6) is 0. The molecule has 0 saturated carbocycles. The van der Waals surface area contributed by atoms with Gasteiger partial charge in [0.25, 0.3) is 5.56 Å². The molecule has 1 heterocycles. The SMILES string of the molecule is CCn1c(-c2ccc(C)cc2)ccc(CN)c1=O. The summed E-state index contributed by atoms with van der Waals surface area (Å²) < 4.78 is 1.77. The Labute approximate surface area is 107 Å². The van der Waals surface area contributed by atoms with E-state index in [4.69, 9.17) is 5.73 Å². The van der Waals surface area contributed by atoms with E-state index in [1.165, 1.54) is 5.56 Å². The zero-order valence-corrected chi connectivity index (χ0v) is 10.8. The largest absolute Gasteiger partial charge is 0.326 e. The first-order valence-corrected chi connectivity index (χ1v) is 6.17. The third-order valence-electron chi connectivity index (χ3n) is 3.14. The molecule has 0 aliphatic carbocycles. The molecule has 1 aromatic heterocycles. The molecule has 0 amide bonds. The van der Waals surface area contributed by atoms with Crippen molar-refractivity contribution in [2.45, 2.75) is 26.9 Å². The topological polar surface area (TPSA) is 48.0 Å². The van der Waals surface area contributed by atoms with Gasteiger partial charge in [-0.25, -0.2) is 0 Å². The van der Waals surface area contributed by atoms with Crippen molar-refractivity contribution < 1.29 is 0 Å². The number of pyridine rings is 1. The van der Waals surface area contributed by atoms with Crippen molar-refractivity contribution in [3.63, 3.8) is 0 Å². The van der Waals surface area contributed by atoms with E-state index >= 15 is 0 Å². The number of nitrogens with two attached hydrogens (primary N) is 1. The van der Waals surface area contributed by atoms with Crippen LogP contribution in [0.25, 0.3) is 11.3 Å². The lowest BCUT2D eigenvalue weighted by Crippen LogP contribution is -2.25. The van der Waals surface area contributed by atoms with Crippen molar-refractivity contribution in [2.75, 3.05) is 0 Å². The third-order valence-corrected chi connectivity index (χ3v) is 3.14. The molecule has 94 valence electrons. The molecule has 0 unspecified atom stereocenters. The number of aryl methyl sites for hydroxylation is 1. The molecule has 0 bridgehead atoms. The number of hydrogen-bond acceptors (Lipinski definition) is 2. The van der Waals surface area contributed by atoms with E-state index in [0.717, 1.165) is 11.3 Å². The average Bonchev–Trinajstić information content (AvgIpc) is 2.39. The van der Waals surface area contributed by atoms with E-state index in [9.17, 15) is 4.79 Å². The monoisotopic (exact) mass is 242 g/mol. The van der Waals surface area contributed by atoms with Crippen LogP contribution in [0.2, 0.25) is 0 Å². The van der Waals surface area contributed by atoms with Crippen LogP contribution in [-0.4, -0.2) is 4.57 Å². The number of rotatable bonds is 3. The average molecular weight is 242 g/mol. The maximum atomic E-state index is 12.2. The van der Waals surface area contributed by atoms with E-state index < -0.39 is 0 Å². The van der Waals surface area contributed by atoms with Gasteiger partial charge in [-0.2, -0.15) is 0 Å². The smallest absolute Gasteiger partial charge is 0.255 e. The van der Waals surface area contributed by atoms with Crippen molar-refractivity contribution in [1.82, 2.24) is 4.57 Å². The standard InChI is InChI=1S/C15H18N2O/c1-3-17-14(9-8-13(10-16)15(17)18)12-6-4-11(2)5-7-12/h4-9H,3,10,16H2,1-2H3. The summed E-state index contributed by atoms with van der Waals surface area (Å²) in [5.41, 5.74) is 9.46. The molecule has 3 heteroatoms. The minimum atomic E-state index is 0.0121. The molecule has 2 aromatic rings. The Morgan fingerprint density at radius 2 is 1.78 bits per heavy atom. The molecule has 3 nitrogen and oxygen atoms in total. The predicted molar refractivity (Wildman–Crippen MR) is 74.4 cm³/mol. The van der Waals surface area contributed by atoms with E-state index in [1.54, 1.807) is 4.57 Å². The second kappa shape index (κ2) is 5.19. The van der Waals surface area contributed by atoms with Crippen LogP contribution < -0.4 is 11.3 Å². The highest BCUT2D eigenvalue weighted by Gasteiger charge is 2.08. The molecule has 0 aliphatic rings. The minimum Gasteiger partial charge on any atom is -0.326 e. The molecule has 2 rings (SSSR count). The molecular weight excluding hydrogens is 224 g/mol. The van der Waals surface area contributed by atoms with Crippen molar-refractivity contribution in [1.29, 1.82) is 0 Å². The van der Waals surface area contributed by atoms with Crippen LogP contribution in [-0.2, 0) is 13.1 Å². The van der Waals surface area contributed by atoms with E-state index in [1.807, 2.05) is 38.1 Å². The van der Waals surface area contributed by atoms with Gasteiger partial charge in [0, 0.05) is 18.7 Å². The zero-order valence-electron chi connectivity index (χ0n) is 10.8. The van der Waals surface area contributed by atoms with E-state index in [-0.39, 0.29) is 12.1 Å². The lowest BCUT2D eigenvalue weighted by atomic mass is 10.1. The second-order valence-electron chi connectivity index (χ2n) is 4.36. The van der Waals surface area contributed by atoms with Gasteiger partial charge in [-0.1, -0.05) is 35.9 Å². The first kappa shape index (κ1) is 12.6. The molecule has 0 aliphatic heterocycles. The highest BCUT2D eigenvalue weighted by atomic mass is 16.1.